The lowest BCUT2D eigenvalue weighted by Gasteiger charge is -2.32. The summed E-state index contributed by atoms with van der Waals surface area (Å²) in [6.07, 6.45) is 7.00. The average Bonchev–Trinajstić information content (AvgIpc) is 3.37. The van der Waals surface area contributed by atoms with E-state index in [9.17, 15) is 9.18 Å². The molecule has 3 aliphatic carbocycles. The van der Waals surface area contributed by atoms with Gasteiger partial charge < -0.3 is 5.32 Å². The number of amides is 1. The van der Waals surface area contributed by atoms with Gasteiger partial charge in [-0.1, -0.05) is 6.42 Å². The fourth-order valence-corrected chi connectivity index (χ4v) is 6.60. The fraction of sp³-hybridized carbons (Fsp3) is 0.524. The van der Waals surface area contributed by atoms with E-state index in [4.69, 9.17) is 0 Å². The van der Waals surface area contributed by atoms with Gasteiger partial charge in [0.05, 0.1) is 12.1 Å². The zero-order valence-corrected chi connectivity index (χ0v) is 15.5. The van der Waals surface area contributed by atoms with E-state index in [-0.39, 0.29) is 11.7 Å². The monoisotopic (exact) mass is 370 g/mol. The number of nitrogens with zero attached hydrogens (tertiary/aromatic N) is 1. The van der Waals surface area contributed by atoms with Crippen molar-refractivity contribution in [1.29, 1.82) is 0 Å². The summed E-state index contributed by atoms with van der Waals surface area (Å²) in [5, 5.41) is 6.08. The molecular formula is C21H23FN2OS. The minimum absolute atomic E-state index is 0.0908. The Morgan fingerprint density at radius 2 is 1.96 bits per heavy atom. The van der Waals surface area contributed by atoms with Gasteiger partial charge in [0.2, 0.25) is 5.91 Å². The largest absolute Gasteiger partial charge is 0.353 e. The van der Waals surface area contributed by atoms with Gasteiger partial charge in [0, 0.05) is 17.0 Å². The Bertz CT molecular complexity index is 818. The third-order valence-electron chi connectivity index (χ3n) is 6.76. The Labute approximate surface area is 157 Å². The summed E-state index contributed by atoms with van der Waals surface area (Å²) in [6, 6.07) is 6.71. The van der Waals surface area contributed by atoms with E-state index < -0.39 is 0 Å². The van der Waals surface area contributed by atoms with Crippen molar-refractivity contribution in [2.75, 3.05) is 0 Å². The number of benzene rings is 1. The molecule has 1 aromatic heterocycles. The van der Waals surface area contributed by atoms with Crippen molar-refractivity contribution >= 4 is 17.2 Å². The second-order valence-electron chi connectivity index (χ2n) is 8.16. The van der Waals surface area contributed by atoms with Crippen molar-refractivity contribution < 1.29 is 9.18 Å². The number of thiazole rings is 1. The van der Waals surface area contributed by atoms with Crippen molar-refractivity contribution in [2.24, 2.45) is 23.7 Å². The van der Waals surface area contributed by atoms with Crippen molar-refractivity contribution in [1.82, 2.24) is 10.3 Å². The highest BCUT2D eigenvalue weighted by atomic mass is 32.1. The molecule has 3 fully saturated rings. The molecule has 1 amide bonds. The van der Waals surface area contributed by atoms with E-state index in [1.165, 1.54) is 55.6 Å². The summed E-state index contributed by atoms with van der Waals surface area (Å²) < 4.78 is 13.0. The number of fused-ring (bicyclic) bond motifs is 5. The molecule has 0 aliphatic heterocycles. The summed E-state index contributed by atoms with van der Waals surface area (Å²) in [5.74, 6) is 3.21. The van der Waals surface area contributed by atoms with Crippen LogP contribution in [0, 0.1) is 29.5 Å². The number of carbonyl (C=O) groups excluding carboxylic acids is 1. The molecule has 26 heavy (non-hydrogen) atoms. The minimum atomic E-state index is -0.250. The molecular weight excluding hydrogens is 347 g/mol. The van der Waals surface area contributed by atoms with Gasteiger partial charge in [-0.15, -0.1) is 11.3 Å². The van der Waals surface area contributed by atoms with Gasteiger partial charge in [0.25, 0.3) is 0 Å². The van der Waals surface area contributed by atoms with E-state index in [1.807, 2.05) is 5.38 Å². The predicted octanol–water partition coefficient (Wildman–Crippen LogP) is 4.43. The molecule has 5 rings (SSSR count). The van der Waals surface area contributed by atoms with Gasteiger partial charge in [0.15, 0.2) is 0 Å². The zero-order chi connectivity index (χ0) is 17.7. The molecule has 0 spiro atoms. The predicted molar refractivity (Wildman–Crippen MR) is 100 cm³/mol. The number of hydrogen-bond donors (Lipinski definition) is 1. The first-order valence-corrected chi connectivity index (χ1v) is 10.5. The van der Waals surface area contributed by atoms with E-state index in [0.29, 0.717) is 18.4 Å². The van der Waals surface area contributed by atoms with Gasteiger partial charge in [-0.2, -0.15) is 0 Å². The zero-order valence-electron chi connectivity index (χ0n) is 14.7. The Morgan fingerprint density at radius 1 is 1.15 bits per heavy atom. The number of aromatic nitrogens is 1. The van der Waals surface area contributed by atoms with Crippen LogP contribution in [0.1, 0.15) is 37.8 Å². The lowest BCUT2D eigenvalue weighted by molar-refractivity contribution is -0.121. The second kappa shape index (κ2) is 6.45. The van der Waals surface area contributed by atoms with Crippen LogP contribution in [0.25, 0.3) is 10.6 Å². The van der Waals surface area contributed by atoms with Crippen LogP contribution in [0.15, 0.2) is 29.6 Å². The first-order chi connectivity index (χ1) is 12.7. The summed E-state index contributed by atoms with van der Waals surface area (Å²) in [5.41, 5.74) is 1.69. The maximum Gasteiger partial charge on any atom is 0.226 e. The molecule has 1 heterocycles. The highest BCUT2D eigenvalue weighted by Crippen LogP contribution is 2.58. The van der Waals surface area contributed by atoms with E-state index in [2.05, 4.69) is 10.3 Å². The maximum absolute atomic E-state index is 13.0. The highest BCUT2D eigenvalue weighted by molar-refractivity contribution is 7.13. The van der Waals surface area contributed by atoms with Gasteiger partial charge in [-0.25, -0.2) is 9.37 Å². The molecule has 0 unspecified atom stereocenters. The Hall–Kier alpha value is -1.75. The number of carbonyl (C=O) groups is 1. The van der Waals surface area contributed by atoms with E-state index in [1.54, 1.807) is 12.1 Å². The van der Waals surface area contributed by atoms with Crippen LogP contribution in [0.2, 0.25) is 0 Å². The van der Waals surface area contributed by atoms with Gasteiger partial charge in [-0.05, 0) is 73.6 Å². The quantitative estimate of drug-likeness (QED) is 0.865. The fourth-order valence-electron chi connectivity index (χ4n) is 5.77. The second-order valence-corrected chi connectivity index (χ2v) is 9.01. The minimum Gasteiger partial charge on any atom is -0.353 e. The molecule has 136 valence electrons. The van der Waals surface area contributed by atoms with Crippen LogP contribution in [0.4, 0.5) is 4.39 Å². The number of hydrogen-bond acceptors (Lipinski definition) is 3. The Kier molecular flexibility index (Phi) is 4.07. The SMILES string of the molecule is O=C(Cc1csc(-c2ccc(F)cc2)n1)N[C@@H]1C[C@H]2C[C@H]1[C@@H]1CCC[C@@H]21. The maximum atomic E-state index is 13.0. The average molecular weight is 370 g/mol. The van der Waals surface area contributed by atoms with E-state index >= 15 is 0 Å². The van der Waals surface area contributed by atoms with Crippen molar-refractivity contribution in [3.63, 3.8) is 0 Å². The molecule has 2 bridgehead atoms. The van der Waals surface area contributed by atoms with Gasteiger partial charge in [-0.3, -0.25) is 4.79 Å². The molecule has 0 saturated heterocycles. The molecule has 3 aliphatic rings. The van der Waals surface area contributed by atoms with Crippen molar-refractivity contribution in [3.8, 4) is 10.6 Å². The van der Waals surface area contributed by atoms with Crippen LogP contribution in [-0.2, 0) is 11.2 Å². The van der Waals surface area contributed by atoms with E-state index in [0.717, 1.165) is 34.0 Å². The van der Waals surface area contributed by atoms with Crippen LogP contribution in [-0.4, -0.2) is 16.9 Å². The van der Waals surface area contributed by atoms with Crippen LogP contribution < -0.4 is 5.32 Å². The number of rotatable bonds is 4. The highest BCUT2D eigenvalue weighted by Gasteiger charge is 2.53. The summed E-state index contributed by atoms with van der Waals surface area (Å²) in [7, 11) is 0. The molecule has 3 saturated carbocycles. The van der Waals surface area contributed by atoms with Crippen LogP contribution in [0.3, 0.4) is 0 Å². The Balaban J connectivity index is 1.21. The normalized spacial score (nSPS) is 32.0. The topological polar surface area (TPSA) is 42.0 Å². The molecule has 5 atom stereocenters. The van der Waals surface area contributed by atoms with Gasteiger partial charge in [0.1, 0.15) is 10.8 Å². The third-order valence-corrected chi connectivity index (χ3v) is 7.70. The van der Waals surface area contributed by atoms with Crippen LogP contribution >= 0.6 is 11.3 Å². The number of nitrogens with one attached hydrogen (secondary N) is 1. The molecule has 3 nitrogen and oxygen atoms in total. The number of halogens is 1. The van der Waals surface area contributed by atoms with Crippen molar-refractivity contribution in [3.05, 3.63) is 41.2 Å². The lowest BCUT2D eigenvalue weighted by atomic mass is 9.79. The summed E-state index contributed by atoms with van der Waals surface area (Å²) >= 11 is 1.50. The summed E-state index contributed by atoms with van der Waals surface area (Å²) in [4.78, 5) is 17.1. The smallest absolute Gasteiger partial charge is 0.226 e. The molecule has 0 radical (unpaired) electrons. The lowest BCUT2D eigenvalue weighted by Crippen LogP contribution is -2.43. The Morgan fingerprint density at radius 3 is 2.81 bits per heavy atom. The van der Waals surface area contributed by atoms with Crippen LogP contribution in [0.5, 0.6) is 0 Å². The molecule has 1 aromatic carbocycles. The third kappa shape index (κ3) is 2.86. The molecule has 1 N–H and O–H groups in total. The molecule has 2 aromatic rings. The molecule has 5 heteroatoms. The first-order valence-electron chi connectivity index (χ1n) is 9.67. The summed E-state index contributed by atoms with van der Waals surface area (Å²) in [6.45, 7) is 0. The standard InChI is InChI=1S/C21H23FN2OS/c22-14-6-4-12(5-7-14)21-23-15(11-26-21)10-20(25)24-19-9-13-8-18(19)17-3-1-2-16(13)17/h4-7,11,13,16-19H,1-3,8-10H2,(H,24,25)/t13-,16+,17-,18+,19-/m1/s1. The van der Waals surface area contributed by atoms with Gasteiger partial charge >= 0.3 is 0 Å². The van der Waals surface area contributed by atoms with Crippen molar-refractivity contribution in [2.45, 2.75) is 44.6 Å². The first kappa shape index (κ1) is 16.4.